The Balaban J connectivity index is 2.36. The molecule has 1 aromatic rings. The van der Waals surface area contributed by atoms with E-state index >= 15 is 0 Å². The van der Waals surface area contributed by atoms with Gasteiger partial charge < -0.3 is 15.2 Å². The first kappa shape index (κ1) is 16.1. The second-order valence-corrected chi connectivity index (χ2v) is 5.34. The minimum absolute atomic E-state index is 0.0173. The zero-order valence-electron chi connectivity index (χ0n) is 11.7. The standard InChI is InChI=1S/C14H17ClN2O3/c1-14(2,3)20-13(19)16-9-5-4-6-10-7-8-11(18)12(15)17-10/h7-8,18H,5,9H2,1-3H3,(H,16,19). The van der Waals surface area contributed by atoms with Gasteiger partial charge in [0.1, 0.15) is 11.3 Å². The van der Waals surface area contributed by atoms with Gasteiger partial charge in [-0.3, -0.25) is 0 Å². The highest BCUT2D eigenvalue weighted by atomic mass is 35.5. The number of alkyl carbamates (subject to hydrolysis) is 1. The Morgan fingerprint density at radius 1 is 1.50 bits per heavy atom. The number of nitrogens with zero attached hydrogens (tertiary/aromatic N) is 1. The van der Waals surface area contributed by atoms with Gasteiger partial charge in [-0.25, -0.2) is 9.78 Å². The number of halogens is 1. The number of pyridine rings is 1. The van der Waals surface area contributed by atoms with Gasteiger partial charge in [0.2, 0.25) is 0 Å². The van der Waals surface area contributed by atoms with Crippen molar-refractivity contribution >= 4 is 17.7 Å². The van der Waals surface area contributed by atoms with Crippen molar-refractivity contribution in [2.75, 3.05) is 6.54 Å². The first-order valence-corrected chi connectivity index (χ1v) is 6.47. The number of carbonyl (C=O) groups is 1. The number of aromatic hydroxyl groups is 1. The first-order valence-electron chi connectivity index (χ1n) is 6.09. The van der Waals surface area contributed by atoms with Gasteiger partial charge in [-0.05, 0) is 38.8 Å². The molecule has 0 spiro atoms. The van der Waals surface area contributed by atoms with Crippen LogP contribution in [-0.2, 0) is 4.74 Å². The third-order valence-electron chi connectivity index (χ3n) is 1.96. The molecule has 0 saturated heterocycles. The zero-order valence-corrected chi connectivity index (χ0v) is 12.4. The van der Waals surface area contributed by atoms with Crippen molar-refractivity contribution in [2.45, 2.75) is 32.8 Å². The third kappa shape index (κ3) is 6.30. The fraction of sp³-hybridized carbons (Fsp3) is 0.429. The van der Waals surface area contributed by atoms with Gasteiger partial charge >= 0.3 is 6.09 Å². The van der Waals surface area contributed by atoms with Gasteiger partial charge in [0.05, 0.1) is 0 Å². The summed E-state index contributed by atoms with van der Waals surface area (Å²) in [5, 5.41) is 11.8. The number of rotatable bonds is 2. The van der Waals surface area contributed by atoms with Crippen LogP contribution in [0.5, 0.6) is 5.75 Å². The molecule has 1 heterocycles. The molecule has 1 aromatic heterocycles. The summed E-state index contributed by atoms with van der Waals surface area (Å²) in [6.07, 6.45) is -0.00974. The number of hydrogen-bond donors (Lipinski definition) is 2. The van der Waals surface area contributed by atoms with E-state index < -0.39 is 11.7 Å². The fourth-order valence-corrected chi connectivity index (χ4v) is 1.34. The second kappa shape index (κ2) is 7.01. The lowest BCUT2D eigenvalue weighted by molar-refractivity contribution is 0.0529. The van der Waals surface area contributed by atoms with Crippen molar-refractivity contribution in [3.05, 3.63) is 23.0 Å². The Hall–Kier alpha value is -1.93. The summed E-state index contributed by atoms with van der Waals surface area (Å²) in [4.78, 5) is 15.2. The van der Waals surface area contributed by atoms with Gasteiger partial charge in [-0.15, -0.1) is 0 Å². The van der Waals surface area contributed by atoms with Crippen LogP contribution in [0.15, 0.2) is 12.1 Å². The predicted octanol–water partition coefficient (Wildman–Crippen LogP) is 2.71. The molecule has 1 rings (SSSR count). The van der Waals surface area contributed by atoms with Gasteiger partial charge in [0, 0.05) is 13.0 Å². The van der Waals surface area contributed by atoms with Crippen LogP contribution in [0.2, 0.25) is 5.15 Å². The Labute approximate surface area is 123 Å². The summed E-state index contributed by atoms with van der Waals surface area (Å²) in [5.41, 5.74) is -0.0484. The second-order valence-electron chi connectivity index (χ2n) is 4.99. The highest BCUT2D eigenvalue weighted by molar-refractivity contribution is 6.30. The quantitative estimate of drug-likeness (QED) is 0.500. The lowest BCUT2D eigenvalue weighted by Crippen LogP contribution is -2.32. The summed E-state index contributed by atoms with van der Waals surface area (Å²) in [6, 6.07) is 2.99. The molecule has 20 heavy (non-hydrogen) atoms. The summed E-state index contributed by atoms with van der Waals surface area (Å²) < 4.78 is 5.08. The molecule has 0 atom stereocenters. The van der Waals surface area contributed by atoms with E-state index in [2.05, 4.69) is 22.1 Å². The van der Waals surface area contributed by atoms with Crippen LogP contribution in [0.1, 0.15) is 32.9 Å². The van der Waals surface area contributed by atoms with Crippen LogP contribution in [0.3, 0.4) is 0 Å². The Morgan fingerprint density at radius 2 is 2.20 bits per heavy atom. The monoisotopic (exact) mass is 296 g/mol. The molecule has 0 aliphatic carbocycles. The maximum atomic E-state index is 11.3. The Kier molecular flexibility index (Phi) is 5.66. The smallest absolute Gasteiger partial charge is 0.407 e. The van der Waals surface area contributed by atoms with Gasteiger partial charge in [0.25, 0.3) is 0 Å². The van der Waals surface area contributed by atoms with E-state index in [9.17, 15) is 9.90 Å². The lowest BCUT2D eigenvalue weighted by atomic mass is 10.2. The van der Waals surface area contributed by atoms with Crippen molar-refractivity contribution in [2.24, 2.45) is 0 Å². The normalized spacial score (nSPS) is 10.4. The molecule has 0 aromatic carbocycles. The van der Waals surface area contributed by atoms with Crippen molar-refractivity contribution < 1.29 is 14.6 Å². The number of carbonyl (C=O) groups excluding carboxylic acids is 1. The van der Waals surface area contributed by atoms with Crippen molar-refractivity contribution in [3.8, 4) is 17.6 Å². The molecule has 0 saturated carbocycles. The summed E-state index contributed by atoms with van der Waals surface area (Å²) in [7, 11) is 0. The van der Waals surface area contributed by atoms with Crippen LogP contribution >= 0.6 is 11.6 Å². The molecule has 0 fully saturated rings. The van der Waals surface area contributed by atoms with E-state index in [1.54, 1.807) is 26.8 Å². The molecule has 0 aliphatic heterocycles. The van der Waals surface area contributed by atoms with Crippen LogP contribution in [0.25, 0.3) is 0 Å². The van der Waals surface area contributed by atoms with Crippen molar-refractivity contribution in [1.82, 2.24) is 10.3 Å². The van der Waals surface area contributed by atoms with E-state index in [4.69, 9.17) is 16.3 Å². The summed E-state index contributed by atoms with van der Waals surface area (Å²) in [6.45, 7) is 5.78. The van der Waals surface area contributed by atoms with E-state index in [1.807, 2.05) is 0 Å². The molecule has 5 nitrogen and oxygen atoms in total. The predicted molar refractivity (Wildman–Crippen MR) is 76.6 cm³/mol. The topological polar surface area (TPSA) is 71.5 Å². The highest BCUT2D eigenvalue weighted by Gasteiger charge is 2.15. The molecule has 0 unspecified atom stereocenters. The van der Waals surface area contributed by atoms with Crippen LogP contribution in [-0.4, -0.2) is 28.3 Å². The number of hydrogen-bond acceptors (Lipinski definition) is 4. The summed E-state index contributed by atoms with van der Waals surface area (Å²) >= 11 is 5.65. The minimum Gasteiger partial charge on any atom is -0.505 e. The largest absolute Gasteiger partial charge is 0.505 e. The molecule has 108 valence electrons. The molecule has 0 radical (unpaired) electrons. The molecular formula is C14H17ClN2O3. The molecule has 6 heteroatoms. The molecule has 0 bridgehead atoms. The third-order valence-corrected chi connectivity index (χ3v) is 2.24. The van der Waals surface area contributed by atoms with Crippen LogP contribution < -0.4 is 5.32 Å². The molecule has 2 N–H and O–H groups in total. The Bertz CT molecular complexity index is 542. The van der Waals surface area contributed by atoms with Crippen molar-refractivity contribution in [1.29, 1.82) is 0 Å². The average molecular weight is 297 g/mol. The van der Waals surface area contributed by atoms with E-state index in [0.717, 1.165) is 0 Å². The Morgan fingerprint density at radius 3 is 2.80 bits per heavy atom. The maximum Gasteiger partial charge on any atom is 0.407 e. The minimum atomic E-state index is -0.511. The molecule has 0 aliphatic rings. The van der Waals surface area contributed by atoms with E-state index in [1.165, 1.54) is 6.07 Å². The fourth-order valence-electron chi connectivity index (χ4n) is 1.19. The van der Waals surface area contributed by atoms with Crippen LogP contribution in [0, 0.1) is 11.8 Å². The van der Waals surface area contributed by atoms with Gasteiger partial charge in [-0.1, -0.05) is 17.5 Å². The molecule has 1 amide bonds. The SMILES string of the molecule is CC(C)(C)OC(=O)NCCC#Cc1ccc(O)c(Cl)n1. The van der Waals surface area contributed by atoms with Crippen molar-refractivity contribution in [3.63, 3.8) is 0 Å². The average Bonchev–Trinajstić information content (AvgIpc) is 2.31. The zero-order chi connectivity index (χ0) is 15.2. The van der Waals surface area contributed by atoms with Gasteiger partial charge in [0.15, 0.2) is 10.9 Å². The van der Waals surface area contributed by atoms with Gasteiger partial charge in [-0.2, -0.15) is 0 Å². The summed E-state index contributed by atoms with van der Waals surface area (Å²) in [5.74, 6) is 5.55. The first-order chi connectivity index (χ1) is 9.28. The molecular weight excluding hydrogens is 280 g/mol. The number of amides is 1. The highest BCUT2D eigenvalue weighted by Crippen LogP contribution is 2.19. The number of nitrogens with one attached hydrogen (secondary N) is 1. The van der Waals surface area contributed by atoms with Crippen LogP contribution in [0.4, 0.5) is 4.79 Å². The van der Waals surface area contributed by atoms with E-state index in [0.29, 0.717) is 18.7 Å². The van der Waals surface area contributed by atoms with E-state index in [-0.39, 0.29) is 10.9 Å². The number of ether oxygens (including phenoxy) is 1. The maximum absolute atomic E-state index is 11.3. The lowest BCUT2D eigenvalue weighted by Gasteiger charge is -2.19. The number of aromatic nitrogens is 1.